The number of nitrogens with one attached hydrogen (secondary N) is 1. The van der Waals surface area contributed by atoms with E-state index in [-0.39, 0.29) is 31.1 Å². The molecular weight excluding hydrogens is 294 g/mol. The van der Waals surface area contributed by atoms with Crippen molar-refractivity contribution in [2.45, 2.75) is 32.2 Å². The van der Waals surface area contributed by atoms with Crippen LogP contribution in [0.3, 0.4) is 0 Å². The molecule has 2 N–H and O–H groups in total. The molecule has 1 amide bonds. The van der Waals surface area contributed by atoms with Gasteiger partial charge >= 0.3 is 0 Å². The van der Waals surface area contributed by atoms with Gasteiger partial charge in [0.1, 0.15) is 5.75 Å². The van der Waals surface area contributed by atoms with Crippen LogP contribution in [-0.4, -0.2) is 36.1 Å². The van der Waals surface area contributed by atoms with E-state index in [1.54, 1.807) is 26.0 Å². The zero-order valence-corrected chi connectivity index (χ0v) is 13.2. The van der Waals surface area contributed by atoms with Crippen LogP contribution in [0.2, 0.25) is 5.02 Å². The molecule has 0 atom stereocenters. The van der Waals surface area contributed by atoms with Gasteiger partial charge in [-0.15, -0.1) is 0 Å². The van der Waals surface area contributed by atoms with Gasteiger partial charge < -0.3 is 15.2 Å². The Bertz CT molecular complexity index is 528. The van der Waals surface area contributed by atoms with Crippen molar-refractivity contribution in [3.8, 4) is 5.75 Å². The van der Waals surface area contributed by atoms with E-state index in [0.29, 0.717) is 16.3 Å². The first-order chi connectivity index (χ1) is 9.79. The Hall–Kier alpha value is -1.59. The number of ketones is 1. The van der Waals surface area contributed by atoms with Crippen LogP contribution in [0.1, 0.15) is 37.0 Å². The summed E-state index contributed by atoms with van der Waals surface area (Å²) in [6.07, 6.45) is 0.0853. The molecule has 0 unspecified atom stereocenters. The number of Topliss-reactive ketones (excluding diaryl/α,β-unsaturated/α-hetero) is 1. The fourth-order valence-corrected chi connectivity index (χ4v) is 1.91. The Morgan fingerprint density at radius 2 is 2.00 bits per heavy atom. The Labute approximate surface area is 129 Å². The van der Waals surface area contributed by atoms with Crippen molar-refractivity contribution in [1.82, 2.24) is 5.32 Å². The lowest BCUT2D eigenvalue weighted by molar-refractivity contribution is -0.123. The maximum absolute atomic E-state index is 12.1. The highest BCUT2D eigenvalue weighted by molar-refractivity contribution is 6.31. The number of hydrogen-bond acceptors (Lipinski definition) is 4. The third-order valence-corrected chi connectivity index (χ3v) is 3.15. The molecule has 1 rings (SSSR count). The smallest absolute Gasteiger partial charge is 0.220 e. The van der Waals surface area contributed by atoms with E-state index in [1.807, 2.05) is 0 Å². The van der Waals surface area contributed by atoms with Gasteiger partial charge in [-0.25, -0.2) is 0 Å². The predicted octanol–water partition coefficient (Wildman–Crippen LogP) is 2.20. The molecule has 0 aromatic heterocycles. The van der Waals surface area contributed by atoms with Gasteiger partial charge in [-0.1, -0.05) is 11.6 Å². The molecule has 0 fully saturated rings. The molecule has 0 aliphatic rings. The minimum absolute atomic E-state index is 0.0396. The second kappa shape index (κ2) is 7.43. The van der Waals surface area contributed by atoms with Gasteiger partial charge in [0, 0.05) is 17.9 Å². The molecule has 0 bridgehead atoms. The molecule has 0 saturated heterocycles. The SMILES string of the molecule is COc1ccc(Cl)cc1C(=O)CCC(=O)NC(C)(C)CO. The quantitative estimate of drug-likeness (QED) is 0.757. The summed E-state index contributed by atoms with van der Waals surface area (Å²) in [7, 11) is 1.47. The van der Waals surface area contributed by atoms with Gasteiger partial charge in [0.25, 0.3) is 0 Å². The maximum Gasteiger partial charge on any atom is 0.220 e. The van der Waals surface area contributed by atoms with E-state index in [9.17, 15) is 9.59 Å². The lowest BCUT2D eigenvalue weighted by Gasteiger charge is -2.23. The van der Waals surface area contributed by atoms with Crippen molar-refractivity contribution in [3.63, 3.8) is 0 Å². The van der Waals surface area contributed by atoms with Crippen LogP contribution in [0.5, 0.6) is 5.75 Å². The Morgan fingerprint density at radius 1 is 1.33 bits per heavy atom. The van der Waals surface area contributed by atoms with E-state index >= 15 is 0 Å². The van der Waals surface area contributed by atoms with Crippen molar-refractivity contribution in [3.05, 3.63) is 28.8 Å². The number of aliphatic hydroxyl groups excluding tert-OH is 1. The van der Waals surface area contributed by atoms with Crippen molar-refractivity contribution in [2.75, 3.05) is 13.7 Å². The van der Waals surface area contributed by atoms with Crippen LogP contribution in [0, 0.1) is 0 Å². The van der Waals surface area contributed by atoms with Crippen LogP contribution in [0.15, 0.2) is 18.2 Å². The minimum atomic E-state index is -0.701. The van der Waals surface area contributed by atoms with Crippen LogP contribution in [-0.2, 0) is 4.79 Å². The molecule has 0 heterocycles. The number of ether oxygens (including phenoxy) is 1. The number of carbonyl (C=O) groups is 2. The number of hydrogen-bond donors (Lipinski definition) is 2. The van der Waals surface area contributed by atoms with Gasteiger partial charge in [-0.3, -0.25) is 9.59 Å². The summed E-state index contributed by atoms with van der Waals surface area (Å²) >= 11 is 5.87. The standard InChI is InChI=1S/C15H20ClNO4/c1-15(2,9-18)17-14(20)7-5-12(19)11-8-10(16)4-6-13(11)21-3/h4,6,8,18H,5,7,9H2,1-3H3,(H,17,20). The van der Waals surface area contributed by atoms with Crippen LogP contribution < -0.4 is 10.1 Å². The fraction of sp³-hybridized carbons (Fsp3) is 0.467. The van der Waals surface area contributed by atoms with E-state index in [0.717, 1.165) is 0 Å². The molecule has 21 heavy (non-hydrogen) atoms. The highest BCUT2D eigenvalue weighted by Crippen LogP contribution is 2.24. The Kier molecular flexibility index (Phi) is 6.18. The van der Waals surface area contributed by atoms with Gasteiger partial charge in [0.15, 0.2) is 5.78 Å². The average Bonchev–Trinajstić information content (AvgIpc) is 2.44. The molecule has 1 aromatic carbocycles. The molecule has 0 saturated carbocycles. The number of methoxy groups -OCH3 is 1. The first kappa shape index (κ1) is 17.5. The summed E-state index contributed by atoms with van der Waals surface area (Å²) in [5.74, 6) is -0.0739. The van der Waals surface area contributed by atoms with Gasteiger partial charge in [-0.2, -0.15) is 0 Å². The van der Waals surface area contributed by atoms with E-state index in [4.69, 9.17) is 21.4 Å². The highest BCUT2D eigenvalue weighted by Gasteiger charge is 2.20. The second-order valence-corrected chi connectivity index (χ2v) is 5.79. The number of benzene rings is 1. The molecule has 6 heteroatoms. The van der Waals surface area contributed by atoms with Gasteiger partial charge in [0.2, 0.25) is 5.91 Å². The third kappa shape index (κ3) is 5.36. The summed E-state index contributed by atoms with van der Waals surface area (Å²) in [4.78, 5) is 23.9. The van der Waals surface area contributed by atoms with Crippen molar-refractivity contribution in [2.24, 2.45) is 0 Å². The predicted molar refractivity (Wildman–Crippen MR) is 80.9 cm³/mol. The lowest BCUT2D eigenvalue weighted by Crippen LogP contribution is -2.46. The largest absolute Gasteiger partial charge is 0.496 e. The molecule has 0 radical (unpaired) electrons. The summed E-state index contributed by atoms with van der Waals surface area (Å²) in [6.45, 7) is 3.23. The van der Waals surface area contributed by atoms with E-state index in [1.165, 1.54) is 13.2 Å². The molecule has 116 valence electrons. The topological polar surface area (TPSA) is 75.6 Å². The van der Waals surface area contributed by atoms with Crippen molar-refractivity contribution in [1.29, 1.82) is 0 Å². The first-order valence-electron chi connectivity index (χ1n) is 6.57. The zero-order chi connectivity index (χ0) is 16.0. The highest BCUT2D eigenvalue weighted by atomic mass is 35.5. The number of amides is 1. The molecule has 0 aliphatic heterocycles. The normalized spacial score (nSPS) is 11.1. The molecule has 5 nitrogen and oxygen atoms in total. The molecular formula is C15H20ClNO4. The van der Waals surface area contributed by atoms with E-state index < -0.39 is 5.54 Å². The average molecular weight is 314 g/mol. The van der Waals surface area contributed by atoms with Gasteiger partial charge in [-0.05, 0) is 32.0 Å². The number of carbonyl (C=O) groups excluding carboxylic acids is 2. The molecule has 0 spiro atoms. The third-order valence-electron chi connectivity index (χ3n) is 2.91. The van der Waals surface area contributed by atoms with E-state index in [2.05, 4.69) is 5.32 Å². The summed E-state index contributed by atoms with van der Waals surface area (Å²) in [5, 5.41) is 12.2. The van der Waals surface area contributed by atoms with Crippen LogP contribution in [0.4, 0.5) is 0 Å². The monoisotopic (exact) mass is 313 g/mol. The number of rotatable bonds is 7. The van der Waals surface area contributed by atoms with Gasteiger partial charge in [0.05, 0.1) is 24.8 Å². The fourth-order valence-electron chi connectivity index (χ4n) is 1.74. The van der Waals surface area contributed by atoms with Crippen molar-refractivity contribution < 1.29 is 19.4 Å². The summed E-state index contributed by atoms with van der Waals surface area (Å²) in [5.41, 5.74) is -0.340. The first-order valence-corrected chi connectivity index (χ1v) is 6.95. The molecule has 1 aromatic rings. The zero-order valence-electron chi connectivity index (χ0n) is 12.4. The van der Waals surface area contributed by atoms with Crippen LogP contribution >= 0.6 is 11.6 Å². The Balaban J connectivity index is 2.66. The number of halogens is 1. The molecule has 0 aliphatic carbocycles. The second-order valence-electron chi connectivity index (χ2n) is 5.36. The lowest BCUT2D eigenvalue weighted by atomic mass is 10.0. The summed E-state index contributed by atoms with van der Waals surface area (Å²) in [6, 6.07) is 4.77. The Morgan fingerprint density at radius 3 is 2.57 bits per heavy atom. The number of aliphatic hydroxyl groups is 1. The van der Waals surface area contributed by atoms with Crippen molar-refractivity contribution >= 4 is 23.3 Å². The van der Waals surface area contributed by atoms with Crippen LogP contribution in [0.25, 0.3) is 0 Å². The summed E-state index contributed by atoms with van der Waals surface area (Å²) < 4.78 is 5.11. The maximum atomic E-state index is 12.1. The minimum Gasteiger partial charge on any atom is -0.496 e.